The van der Waals surface area contributed by atoms with E-state index in [1.54, 1.807) is 6.20 Å². The van der Waals surface area contributed by atoms with Crippen LogP contribution in [0, 0.1) is 0 Å². The number of aliphatic hydroxyl groups excluding tert-OH is 1. The van der Waals surface area contributed by atoms with Gasteiger partial charge in [0.25, 0.3) is 0 Å². The first kappa shape index (κ1) is 28.8. The minimum Gasteiger partial charge on any atom is -0.480 e. The number of aromatic nitrogens is 1. The zero-order valence-corrected chi connectivity index (χ0v) is 22.2. The van der Waals surface area contributed by atoms with Crippen LogP contribution < -0.4 is 21.3 Å². The molecule has 1 fully saturated rings. The van der Waals surface area contributed by atoms with Gasteiger partial charge in [0.1, 0.15) is 18.1 Å². The monoisotopic (exact) mass is 549 g/mol. The van der Waals surface area contributed by atoms with Crippen molar-refractivity contribution in [2.75, 3.05) is 6.54 Å². The van der Waals surface area contributed by atoms with E-state index in [1.165, 1.54) is 6.92 Å². The summed E-state index contributed by atoms with van der Waals surface area (Å²) < 4.78 is 0. The Labute approximate surface area is 231 Å². The maximum atomic E-state index is 13.4. The van der Waals surface area contributed by atoms with Crippen LogP contribution in [0.25, 0.3) is 10.9 Å². The standard InChI is InChI=1S/C29H35N5O6/c1-17(35)25(28(38)33-24(29(39)40)15-19-16-31-21-11-6-5-10-20(19)21)34-27(37)23(14-18-8-3-2-4-9-18)32-26(36)22-12-7-13-30-22/h2-6,8-11,16-17,22-25,30-31,35H,7,12-15H2,1H3,(H,32,36)(H,33,38)(H,34,37)(H,39,40). The van der Waals surface area contributed by atoms with Crippen molar-refractivity contribution in [3.8, 4) is 0 Å². The Bertz CT molecular complexity index is 1330. The molecule has 0 aliphatic carbocycles. The lowest BCUT2D eigenvalue weighted by Crippen LogP contribution is -2.60. The summed E-state index contributed by atoms with van der Waals surface area (Å²) in [7, 11) is 0. The van der Waals surface area contributed by atoms with Crippen molar-refractivity contribution in [3.05, 3.63) is 71.9 Å². The number of carbonyl (C=O) groups excluding carboxylic acids is 3. The number of carbonyl (C=O) groups is 4. The number of aromatic amines is 1. The largest absolute Gasteiger partial charge is 0.480 e. The first-order valence-electron chi connectivity index (χ1n) is 13.4. The molecule has 2 heterocycles. The quantitative estimate of drug-likeness (QED) is 0.173. The second-order valence-corrected chi connectivity index (χ2v) is 10.1. The van der Waals surface area contributed by atoms with Crippen molar-refractivity contribution in [2.45, 2.75) is 62.9 Å². The van der Waals surface area contributed by atoms with Crippen molar-refractivity contribution >= 4 is 34.6 Å². The molecule has 3 aromatic rings. The third-order valence-corrected chi connectivity index (χ3v) is 7.07. The third-order valence-electron chi connectivity index (χ3n) is 7.07. The number of hydrogen-bond donors (Lipinski definition) is 7. The van der Waals surface area contributed by atoms with Crippen LogP contribution >= 0.6 is 0 Å². The van der Waals surface area contributed by atoms with Crippen LogP contribution in [0.2, 0.25) is 0 Å². The highest BCUT2D eigenvalue weighted by atomic mass is 16.4. The number of para-hydroxylation sites is 1. The number of amides is 3. The molecule has 1 aliphatic heterocycles. The van der Waals surface area contributed by atoms with Crippen LogP contribution in [-0.2, 0) is 32.0 Å². The molecule has 11 heteroatoms. The summed E-state index contributed by atoms with van der Waals surface area (Å²) >= 11 is 0. The zero-order valence-electron chi connectivity index (χ0n) is 22.2. The molecule has 11 nitrogen and oxygen atoms in total. The average molecular weight is 550 g/mol. The molecule has 3 amide bonds. The van der Waals surface area contributed by atoms with E-state index in [0.717, 1.165) is 22.9 Å². The Morgan fingerprint density at radius 2 is 1.65 bits per heavy atom. The van der Waals surface area contributed by atoms with Gasteiger partial charge < -0.3 is 36.5 Å². The molecule has 40 heavy (non-hydrogen) atoms. The van der Waals surface area contributed by atoms with Crippen LogP contribution in [0.5, 0.6) is 0 Å². The Hall–Kier alpha value is -4.22. The third kappa shape index (κ3) is 7.25. The number of aliphatic carboxylic acids is 1. The summed E-state index contributed by atoms with van der Waals surface area (Å²) in [5, 5.41) is 31.9. The molecule has 212 valence electrons. The number of fused-ring (bicyclic) bond motifs is 1. The molecule has 1 aliphatic rings. The Morgan fingerprint density at radius 1 is 0.925 bits per heavy atom. The van der Waals surface area contributed by atoms with E-state index in [1.807, 2.05) is 54.6 Å². The number of H-pyrrole nitrogens is 1. The van der Waals surface area contributed by atoms with E-state index in [-0.39, 0.29) is 18.7 Å². The predicted molar refractivity (Wildman–Crippen MR) is 148 cm³/mol. The summed E-state index contributed by atoms with van der Waals surface area (Å²) in [5.41, 5.74) is 2.33. The molecular formula is C29H35N5O6. The smallest absolute Gasteiger partial charge is 0.326 e. The second kappa shape index (κ2) is 13.2. The van der Waals surface area contributed by atoms with Gasteiger partial charge in [0, 0.05) is 29.9 Å². The number of rotatable bonds is 12. The van der Waals surface area contributed by atoms with Crippen LogP contribution in [0.15, 0.2) is 60.8 Å². The number of carboxylic acid groups (broad SMARTS) is 1. The molecule has 0 saturated carbocycles. The molecule has 2 aromatic carbocycles. The molecule has 5 atom stereocenters. The van der Waals surface area contributed by atoms with Crippen molar-refractivity contribution < 1.29 is 29.4 Å². The molecule has 0 bridgehead atoms. The lowest BCUT2D eigenvalue weighted by atomic mass is 10.0. The van der Waals surface area contributed by atoms with Gasteiger partial charge in [-0.25, -0.2) is 4.79 Å². The minimum atomic E-state index is -1.45. The maximum absolute atomic E-state index is 13.4. The summed E-state index contributed by atoms with van der Waals surface area (Å²) in [5.74, 6) is -3.10. The summed E-state index contributed by atoms with van der Waals surface area (Å²) in [4.78, 5) is 54.5. The van der Waals surface area contributed by atoms with E-state index < -0.39 is 48.1 Å². The fourth-order valence-corrected chi connectivity index (χ4v) is 4.88. The van der Waals surface area contributed by atoms with Gasteiger partial charge in [-0.3, -0.25) is 14.4 Å². The van der Waals surface area contributed by atoms with Crippen molar-refractivity contribution in [1.29, 1.82) is 0 Å². The normalized spacial score (nSPS) is 17.9. The van der Waals surface area contributed by atoms with Gasteiger partial charge >= 0.3 is 5.97 Å². The fraction of sp³-hybridized carbons (Fsp3) is 0.379. The van der Waals surface area contributed by atoms with Gasteiger partial charge in [-0.1, -0.05) is 48.5 Å². The highest BCUT2D eigenvalue weighted by Gasteiger charge is 2.33. The number of benzene rings is 2. The molecule has 7 N–H and O–H groups in total. The van der Waals surface area contributed by atoms with Gasteiger partial charge in [-0.05, 0) is 43.5 Å². The average Bonchev–Trinajstić information content (AvgIpc) is 3.62. The Balaban J connectivity index is 1.47. The van der Waals surface area contributed by atoms with E-state index in [0.29, 0.717) is 18.5 Å². The Kier molecular flexibility index (Phi) is 9.52. The SMILES string of the molecule is CC(O)C(NC(=O)C(Cc1ccccc1)NC(=O)C1CCCN1)C(=O)NC(Cc1c[nH]c2ccccc12)C(=O)O. The molecule has 4 rings (SSSR count). The summed E-state index contributed by atoms with van der Waals surface area (Å²) in [6, 6.07) is 12.3. The highest BCUT2D eigenvalue weighted by molar-refractivity contribution is 5.95. The van der Waals surface area contributed by atoms with Crippen LogP contribution in [0.3, 0.4) is 0 Å². The molecule has 1 aromatic heterocycles. The van der Waals surface area contributed by atoms with Gasteiger partial charge in [-0.2, -0.15) is 0 Å². The van der Waals surface area contributed by atoms with E-state index in [9.17, 15) is 29.4 Å². The second-order valence-electron chi connectivity index (χ2n) is 10.1. The number of aliphatic hydroxyl groups is 1. The fourth-order valence-electron chi connectivity index (χ4n) is 4.88. The predicted octanol–water partition coefficient (Wildman–Crippen LogP) is 0.625. The van der Waals surface area contributed by atoms with E-state index in [2.05, 4.69) is 26.3 Å². The maximum Gasteiger partial charge on any atom is 0.326 e. The summed E-state index contributed by atoms with van der Waals surface area (Å²) in [6.07, 6.45) is 2.01. The molecule has 0 spiro atoms. The van der Waals surface area contributed by atoms with Crippen LogP contribution in [0.4, 0.5) is 0 Å². The molecular weight excluding hydrogens is 514 g/mol. The van der Waals surface area contributed by atoms with Crippen molar-refractivity contribution in [2.24, 2.45) is 0 Å². The minimum absolute atomic E-state index is 0.00730. The van der Waals surface area contributed by atoms with Crippen LogP contribution in [0.1, 0.15) is 30.9 Å². The molecule has 1 saturated heterocycles. The van der Waals surface area contributed by atoms with Gasteiger partial charge in [0.15, 0.2) is 0 Å². The molecule has 0 radical (unpaired) electrons. The van der Waals surface area contributed by atoms with Gasteiger partial charge in [0.2, 0.25) is 17.7 Å². The lowest BCUT2D eigenvalue weighted by Gasteiger charge is -2.26. The number of nitrogens with one attached hydrogen (secondary N) is 5. The Morgan fingerprint density at radius 3 is 2.33 bits per heavy atom. The lowest BCUT2D eigenvalue weighted by molar-refractivity contribution is -0.143. The van der Waals surface area contributed by atoms with Gasteiger partial charge in [-0.15, -0.1) is 0 Å². The van der Waals surface area contributed by atoms with Crippen molar-refractivity contribution in [1.82, 2.24) is 26.3 Å². The highest BCUT2D eigenvalue weighted by Crippen LogP contribution is 2.19. The van der Waals surface area contributed by atoms with Crippen molar-refractivity contribution in [3.63, 3.8) is 0 Å². The van der Waals surface area contributed by atoms with Crippen LogP contribution in [-0.4, -0.2) is 75.7 Å². The zero-order chi connectivity index (χ0) is 28.6. The van der Waals surface area contributed by atoms with Gasteiger partial charge in [0.05, 0.1) is 12.1 Å². The number of hydrogen-bond acceptors (Lipinski definition) is 6. The van der Waals surface area contributed by atoms with E-state index >= 15 is 0 Å². The number of carboxylic acids is 1. The summed E-state index contributed by atoms with van der Waals surface area (Å²) in [6.45, 7) is 2.04. The topological polar surface area (TPSA) is 173 Å². The molecule has 5 unspecified atom stereocenters. The van der Waals surface area contributed by atoms with E-state index in [4.69, 9.17) is 0 Å². The first-order chi connectivity index (χ1) is 19.2. The first-order valence-corrected chi connectivity index (χ1v) is 13.4.